The van der Waals surface area contributed by atoms with E-state index in [1.54, 1.807) is 0 Å². The van der Waals surface area contributed by atoms with Crippen LogP contribution in [0.3, 0.4) is 0 Å². The van der Waals surface area contributed by atoms with Crippen molar-refractivity contribution < 1.29 is 9.53 Å². The number of carbonyl (C=O) groups excluding carboxylic acids is 1. The van der Waals surface area contributed by atoms with E-state index in [4.69, 9.17) is 4.74 Å². The lowest BCUT2D eigenvalue weighted by Gasteiger charge is -2.33. The largest absolute Gasteiger partial charge is 0.366 e. The number of allylic oxidation sites excluding steroid dienone is 4. The molecule has 0 saturated carbocycles. The molecule has 1 saturated heterocycles. The van der Waals surface area contributed by atoms with Crippen molar-refractivity contribution in [3.8, 4) is 0 Å². The van der Waals surface area contributed by atoms with Gasteiger partial charge in [-0.15, -0.1) is 0 Å². The van der Waals surface area contributed by atoms with Crippen LogP contribution in [0.15, 0.2) is 23.3 Å². The summed E-state index contributed by atoms with van der Waals surface area (Å²) in [6, 6.07) is 0. The highest BCUT2D eigenvalue weighted by Crippen LogP contribution is 2.52. The van der Waals surface area contributed by atoms with Gasteiger partial charge in [0.25, 0.3) is 0 Å². The quantitative estimate of drug-likeness (QED) is 0.512. The maximum absolute atomic E-state index is 12.7. The fourth-order valence-corrected chi connectivity index (χ4v) is 4.41. The minimum atomic E-state index is -0.244. The average Bonchev–Trinajstić information content (AvgIpc) is 3.03. The summed E-state index contributed by atoms with van der Waals surface area (Å²) < 4.78 is 6.00. The van der Waals surface area contributed by atoms with Crippen LogP contribution < -0.4 is 0 Å². The van der Waals surface area contributed by atoms with Gasteiger partial charge in [0.2, 0.25) is 0 Å². The van der Waals surface area contributed by atoms with Gasteiger partial charge in [-0.2, -0.15) is 0 Å². The SMILES string of the molecule is C/C1=C/C[C@]2(C)C(=O)C=C(C(C)C)[C@H]2CC[C@@]2(C)O[C@@H]2CC1. The molecule has 122 valence electrons. The van der Waals surface area contributed by atoms with Crippen LogP contribution in [0.25, 0.3) is 0 Å². The van der Waals surface area contributed by atoms with Crippen LogP contribution in [-0.2, 0) is 9.53 Å². The molecule has 0 radical (unpaired) electrons. The zero-order valence-electron chi connectivity index (χ0n) is 14.7. The standard InChI is InChI=1S/C20H30O2/c1-13(2)15-12-17(21)19(4)10-8-14(3)6-7-18-20(5,22-18)11-9-16(15)19/h8,12-13,16,18H,6-7,9-11H2,1-5H3/b14-8-/t16-,18-,19+,20-/m1/s1. The van der Waals surface area contributed by atoms with Crippen molar-refractivity contribution in [1.29, 1.82) is 0 Å². The van der Waals surface area contributed by atoms with Gasteiger partial charge in [-0.05, 0) is 63.9 Å². The Kier molecular flexibility index (Phi) is 3.87. The van der Waals surface area contributed by atoms with Gasteiger partial charge in [-0.25, -0.2) is 0 Å². The van der Waals surface area contributed by atoms with Crippen LogP contribution in [-0.4, -0.2) is 17.5 Å². The van der Waals surface area contributed by atoms with Gasteiger partial charge in [0.15, 0.2) is 5.78 Å². The van der Waals surface area contributed by atoms with Crippen molar-refractivity contribution in [3.63, 3.8) is 0 Å². The number of rotatable bonds is 1. The highest BCUT2D eigenvalue weighted by Gasteiger charge is 2.53. The fourth-order valence-electron chi connectivity index (χ4n) is 4.41. The number of ether oxygens (including phenoxy) is 1. The van der Waals surface area contributed by atoms with Crippen LogP contribution in [0.2, 0.25) is 0 Å². The molecule has 4 atom stereocenters. The Labute approximate surface area is 135 Å². The molecule has 22 heavy (non-hydrogen) atoms. The van der Waals surface area contributed by atoms with Gasteiger partial charge in [0.1, 0.15) is 0 Å². The number of fused-ring (bicyclic) bond motifs is 2. The lowest BCUT2D eigenvalue weighted by molar-refractivity contribution is -0.123. The summed E-state index contributed by atoms with van der Waals surface area (Å²) in [4.78, 5) is 12.7. The minimum Gasteiger partial charge on any atom is -0.366 e. The minimum absolute atomic E-state index is 0.0548. The molecule has 0 aromatic rings. The number of hydrogen-bond donors (Lipinski definition) is 0. The Hall–Kier alpha value is -0.890. The third-order valence-corrected chi connectivity index (χ3v) is 6.34. The molecule has 0 bridgehead atoms. The number of epoxide rings is 1. The molecular weight excluding hydrogens is 272 g/mol. The second kappa shape index (κ2) is 5.33. The monoisotopic (exact) mass is 302 g/mol. The molecule has 2 nitrogen and oxygen atoms in total. The van der Waals surface area contributed by atoms with Crippen molar-refractivity contribution in [1.82, 2.24) is 0 Å². The van der Waals surface area contributed by atoms with Crippen molar-refractivity contribution in [2.45, 2.75) is 78.4 Å². The lowest BCUT2D eigenvalue weighted by atomic mass is 9.69. The first kappa shape index (κ1) is 16.0. The molecule has 3 aliphatic rings. The molecule has 0 amide bonds. The van der Waals surface area contributed by atoms with Gasteiger partial charge in [0.05, 0.1) is 11.7 Å². The van der Waals surface area contributed by atoms with Crippen LogP contribution >= 0.6 is 0 Å². The van der Waals surface area contributed by atoms with E-state index in [-0.39, 0.29) is 11.0 Å². The number of hydrogen-bond acceptors (Lipinski definition) is 2. The van der Waals surface area contributed by atoms with E-state index in [2.05, 4.69) is 40.7 Å². The van der Waals surface area contributed by atoms with Crippen molar-refractivity contribution in [2.75, 3.05) is 0 Å². The first-order valence-electron chi connectivity index (χ1n) is 8.85. The predicted molar refractivity (Wildman–Crippen MR) is 89.6 cm³/mol. The lowest BCUT2D eigenvalue weighted by Crippen LogP contribution is -2.32. The molecule has 0 spiro atoms. The average molecular weight is 302 g/mol. The summed E-state index contributed by atoms with van der Waals surface area (Å²) in [6.07, 6.45) is 9.95. The predicted octanol–water partition coefficient (Wildman–Crippen LogP) is 4.84. The molecule has 1 fully saturated rings. The van der Waals surface area contributed by atoms with Gasteiger partial charge in [-0.1, -0.05) is 38.0 Å². The smallest absolute Gasteiger partial charge is 0.162 e. The molecule has 2 heteroatoms. The molecule has 1 heterocycles. The van der Waals surface area contributed by atoms with Crippen molar-refractivity contribution in [2.24, 2.45) is 17.3 Å². The molecule has 3 rings (SSSR count). The highest BCUT2D eigenvalue weighted by molar-refractivity contribution is 5.98. The van der Waals surface area contributed by atoms with Gasteiger partial charge in [0, 0.05) is 5.41 Å². The molecule has 2 aliphatic carbocycles. The summed E-state index contributed by atoms with van der Waals surface area (Å²) >= 11 is 0. The summed E-state index contributed by atoms with van der Waals surface area (Å²) in [5.41, 5.74) is 2.58. The molecule has 0 unspecified atom stereocenters. The van der Waals surface area contributed by atoms with Crippen LogP contribution in [0.4, 0.5) is 0 Å². The third kappa shape index (κ3) is 2.60. The zero-order valence-corrected chi connectivity index (χ0v) is 14.7. The van der Waals surface area contributed by atoms with E-state index < -0.39 is 0 Å². The van der Waals surface area contributed by atoms with Gasteiger partial charge in [-0.3, -0.25) is 4.79 Å². The Balaban J connectivity index is 1.92. The fraction of sp³-hybridized carbons (Fsp3) is 0.750. The maximum atomic E-state index is 12.7. The molecular formula is C20H30O2. The summed E-state index contributed by atoms with van der Waals surface area (Å²) in [5, 5.41) is 0. The van der Waals surface area contributed by atoms with Crippen LogP contribution in [0, 0.1) is 17.3 Å². The second-order valence-corrected chi connectivity index (χ2v) is 8.38. The molecule has 1 aliphatic heterocycles. The van der Waals surface area contributed by atoms with Crippen molar-refractivity contribution in [3.05, 3.63) is 23.3 Å². The Morgan fingerprint density at radius 2 is 2.00 bits per heavy atom. The molecule has 0 aromatic carbocycles. The Bertz CT molecular complexity index is 542. The van der Waals surface area contributed by atoms with E-state index in [1.807, 2.05) is 6.08 Å². The number of ketones is 1. The van der Waals surface area contributed by atoms with Crippen LogP contribution in [0.5, 0.6) is 0 Å². The summed E-state index contributed by atoms with van der Waals surface area (Å²) in [7, 11) is 0. The summed E-state index contributed by atoms with van der Waals surface area (Å²) in [5.74, 6) is 1.17. The van der Waals surface area contributed by atoms with Crippen LogP contribution in [0.1, 0.15) is 66.7 Å². The Morgan fingerprint density at radius 3 is 2.68 bits per heavy atom. The van der Waals surface area contributed by atoms with Gasteiger partial charge < -0.3 is 4.74 Å². The topological polar surface area (TPSA) is 29.6 Å². The normalized spacial score (nSPS) is 44.5. The maximum Gasteiger partial charge on any atom is 0.162 e. The van der Waals surface area contributed by atoms with E-state index in [0.29, 0.717) is 23.7 Å². The third-order valence-electron chi connectivity index (χ3n) is 6.34. The van der Waals surface area contributed by atoms with E-state index in [1.165, 1.54) is 11.1 Å². The number of carbonyl (C=O) groups is 1. The zero-order chi connectivity index (χ0) is 16.1. The first-order valence-corrected chi connectivity index (χ1v) is 8.85. The Morgan fingerprint density at radius 1 is 1.27 bits per heavy atom. The van der Waals surface area contributed by atoms with E-state index in [9.17, 15) is 4.79 Å². The highest BCUT2D eigenvalue weighted by atomic mass is 16.6. The van der Waals surface area contributed by atoms with E-state index >= 15 is 0 Å². The first-order chi connectivity index (χ1) is 10.3. The molecule has 0 N–H and O–H groups in total. The van der Waals surface area contributed by atoms with Gasteiger partial charge >= 0.3 is 0 Å². The molecule has 0 aromatic heterocycles. The second-order valence-electron chi connectivity index (χ2n) is 8.38. The summed E-state index contributed by atoms with van der Waals surface area (Å²) in [6.45, 7) is 11.1. The van der Waals surface area contributed by atoms with Crippen molar-refractivity contribution >= 4 is 5.78 Å². The van der Waals surface area contributed by atoms with E-state index in [0.717, 1.165) is 32.1 Å².